The zero-order valence-electron chi connectivity index (χ0n) is 6.41. The van der Waals surface area contributed by atoms with Crippen molar-refractivity contribution in [1.82, 2.24) is 4.98 Å². The Hall–Kier alpha value is -0.773. The zero-order chi connectivity index (χ0) is 6.81. The van der Waals surface area contributed by atoms with Crippen molar-refractivity contribution in [3.63, 3.8) is 0 Å². The summed E-state index contributed by atoms with van der Waals surface area (Å²) < 4.78 is 0. The molecule has 0 aliphatic carbocycles. The van der Waals surface area contributed by atoms with E-state index in [1.807, 2.05) is 30.3 Å². The van der Waals surface area contributed by atoms with Crippen LogP contribution in [0.15, 0.2) is 36.5 Å². The van der Waals surface area contributed by atoms with Crippen LogP contribution in [0.2, 0.25) is 0 Å². The maximum absolute atomic E-state index is 4.15. The van der Waals surface area contributed by atoms with Crippen LogP contribution in [0.5, 0.6) is 0 Å². The Morgan fingerprint density at radius 2 is 2.09 bits per heavy atom. The first kappa shape index (κ1) is 8.33. The van der Waals surface area contributed by atoms with Gasteiger partial charge in [-0.3, -0.25) is 0 Å². The van der Waals surface area contributed by atoms with Crippen LogP contribution < -0.4 is 18.9 Å². The summed E-state index contributed by atoms with van der Waals surface area (Å²) in [6.45, 7) is 0. The Morgan fingerprint density at radius 3 is 2.91 bits per heavy atom. The molecular formula is C9H6LiN. The van der Waals surface area contributed by atoms with Gasteiger partial charge < -0.3 is 4.98 Å². The number of rotatable bonds is 0. The minimum absolute atomic E-state index is 0. The summed E-state index contributed by atoms with van der Waals surface area (Å²) in [4.78, 5) is 4.15. The number of hydrogen-bond donors (Lipinski definition) is 0. The van der Waals surface area contributed by atoms with Gasteiger partial charge in [-0.1, -0.05) is 6.07 Å². The normalized spacial score (nSPS) is 9.09. The molecule has 1 nitrogen and oxygen atoms in total. The van der Waals surface area contributed by atoms with Gasteiger partial charge in [-0.15, -0.1) is 35.7 Å². The van der Waals surface area contributed by atoms with Crippen molar-refractivity contribution in [2.75, 3.05) is 0 Å². The SMILES string of the molecule is [Li+].[c-]1cccc2ncccc12. The molecule has 1 aromatic carbocycles. The molecule has 0 fully saturated rings. The molecule has 2 rings (SSSR count). The maximum Gasteiger partial charge on any atom is 1.00 e. The predicted octanol–water partition coefficient (Wildman–Crippen LogP) is -0.961. The standard InChI is InChI=1S/C9H6N.Li/c1-2-6-9-8(4-1)5-3-7-10-9;/h1-3,5-7H;/q-1;+1. The number of aromatic nitrogens is 1. The van der Waals surface area contributed by atoms with Gasteiger partial charge in [0, 0.05) is 6.20 Å². The molecule has 0 amide bonds. The number of nitrogens with zero attached hydrogens (tertiary/aromatic N) is 1. The zero-order valence-corrected chi connectivity index (χ0v) is 6.41. The van der Waals surface area contributed by atoms with Gasteiger partial charge in [-0.25, -0.2) is 0 Å². The third-order valence-electron chi connectivity index (χ3n) is 1.43. The molecule has 0 atom stereocenters. The van der Waals surface area contributed by atoms with E-state index in [4.69, 9.17) is 0 Å². The molecular weight excluding hydrogens is 129 g/mol. The van der Waals surface area contributed by atoms with Crippen LogP contribution in [0.3, 0.4) is 0 Å². The molecule has 48 valence electrons. The summed E-state index contributed by atoms with van der Waals surface area (Å²) in [5, 5.41) is 1.07. The second-order valence-corrected chi connectivity index (χ2v) is 2.11. The average molecular weight is 135 g/mol. The van der Waals surface area contributed by atoms with Crippen molar-refractivity contribution in [3.05, 3.63) is 42.6 Å². The van der Waals surface area contributed by atoms with Crippen LogP contribution in [0.25, 0.3) is 10.9 Å². The van der Waals surface area contributed by atoms with Crippen LogP contribution in [-0.2, 0) is 0 Å². The quantitative estimate of drug-likeness (QED) is 0.335. The van der Waals surface area contributed by atoms with Crippen molar-refractivity contribution in [1.29, 1.82) is 0 Å². The minimum atomic E-state index is 0. The Labute approximate surface area is 77.6 Å². The molecule has 0 radical (unpaired) electrons. The predicted molar refractivity (Wildman–Crippen MR) is 40.6 cm³/mol. The van der Waals surface area contributed by atoms with Crippen molar-refractivity contribution >= 4 is 10.9 Å². The molecule has 0 unspecified atom stereocenters. The molecule has 0 spiro atoms. The fourth-order valence-electron chi connectivity index (χ4n) is 0.950. The summed E-state index contributed by atoms with van der Waals surface area (Å²) in [6.07, 6.45) is 1.79. The van der Waals surface area contributed by atoms with Crippen LogP contribution >= 0.6 is 0 Å². The first-order chi connectivity index (χ1) is 4.97. The van der Waals surface area contributed by atoms with Gasteiger partial charge in [-0.05, 0) is 5.52 Å². The van der Waals surface area contributed by atoms with E-state index in [1.54, 1.807) is 6.20 Å². The first-order valence-electron chi connectivity index (χ1n) is 3.18. The van der Waals surface area contributed by atoms with Crippen molar-refractivity contribution in [2.24, 2.45) is 0 Å². The monoisotopic (exact) mass is 135 g/mol. The molecule has 0 saturated carbocycles. The van der Waals surface area contributed by atoms with E-state index in [1.165, 1.54) is 0 Å². The molecule has 0 saturated heterocycles. The number of fused-ring (bicyclic) bond motifs is 1. The Kier molecular flexibility index (Phi) is 2.70. The van der Waals surface area contributed by atoms with Gasteiger partial charge in [-0.2, -0.15) is 0 Å². The Balaban J connectivity index is 0.000000605. The average Bonchev–Trinajstić information content (AvgIpc) is 2.05. The van der Waals surface area contributed by atoms with Gasteiger partial charge in [0.1, 0.15) is 0 Å². The second kappa shape index (κ2) is 3.57. The van der Waals surface area contributed by atoms with Gasteiger partial charge in [0.05, 0.1) is 0 Å². The molecule has 0 N–H and O–H groups in total. The van der Waals surface area contributed by atoms with E-state index in [9.17, 15) is 0 Å². The molecule has 2 aromatic rings. The molecule has 0 aliphatic heterocycles. The van der Waals surface area contributed by atoms with Gasteiger partial charge in [0.15, 0.2) is 0 Å². The third kappa shape index (κ3) is 1.62. The first-order valence-corrected chi connectivity index (χ1v) is 3.18. The van der Waals surface area contributed by atoms with E-state index in [0.717, 1.165) is 10.9 Å². The summed E-state index contributed by atoms with van der Waals surface area (Å²) in [5.41, 5.74) is 1.00. The Bertz CT molecular complexity index is 281. The molecule has 0 bridgehead atoms. The molecule has 2 heteroatoms. The van der Waals surface area contributed by atoms with E-state index >= 15 is 0 Å². The van der Waals surface area contributed by atoms with Crippen LogP contribution in [0.4, 0.5) is 0 Å². The summed E-state index contributed by atoms with van der Waals surface area (Å²) in [6, 6.07) is 12.8. The van der Waals surface area contributed by atoms with Gasteiger partial charge in [0.2, 0.25) is 0 Å². The molecule has 11 heavy (non-hydrogen) atoms. The fourth-order valence-corrected chi connectivity index (χ4v) is 0.950. The summed E-state index contributed by atoms with van der Waals surface area (Å²) in [5.74, 6) is 0. The summed E-state index contributed by atoms with van der Waals surface area (Å²) >= 11 is 0. The van der Waals surface area contributed by atoms with Crippen molar-refractivity contribution in [2.45, 2.75) is 0 Å². The largest absolute Gasteiger partial charge is 1.00 e. The summed E-state index contributed by atoms with van der Waals surface area (Å²) in [7, 11) is 0. The van der Waals surface area contributed by atoms with Crippen LogP contribution in [0.1, 0.15) is 0 Å². The maximum atomic E-state index is 4.15. The topological polar surface area (TPSA) is 12.9 Å². The smallest absolute Gasteiger partial charge is 0.306 e. The van der Waals surface area contributed by atoms with Crippen LogP contribution in [-0.4, -0.2) is 4.98 Å². The molecule has 0 aliphatic rings. The molecule has 1 heterocycles. The minimum Gasteiger partial charge on any atom is -0.306 e. The Morgan fingerprint density at radius 1 is 1.18 bits per heavy atom. The van der Waals surface area contributed by atoms with E-state index < -0.39 is 0 Å². The van der Waals surface area contributed by atoms with Crippen LogP contribution in [0, 0.1) is 6.07 Å². The van der Waals surface area contributed by atoms with Crippen molar-refractivity contribution < 1.29 is 18.9 Å². The van der Waals surface area contributed by atoms with Gasteiger partial charge in [0.25, 0.3) is 0 Å². The molecule has 1 aromatic heterocycles. The number of pyridine rings is 1. The van der Waals surface area contributed by atoms with Crippen molar-refractivity contribution in [3.8, 4) is 0 Å². The second-order valence-electron chi connectivity index (χ2n) is 2.11. The van der Waals surface area contributed by atoms with Gasteiger partial charge >= 0.3 is 18.9 Å². The fraction of sp³-hybridized carbons (Fsp3) is 0. The number of hydrogen-bond acceptors (Lipinski definition) is 1. The van der Waals surface area contributed by atoms with E-state index in [2.05, 4.69) is 11.1 Å². The van der Waals surface area contributed by atoms with E-state index in [-0.39, 0.29) is 18.9 Å². The third-order valence-corrected chi connectivity index (χ3v) is 1.43. The number of benzene rings is 1. The van der Waals surface area contributed by atoms with E-state index in [0.29, 0.717) is 0 Å².